The Balaban J connectivity index is 2.58. The Hall–Kier alpha value is -1.07. The second-order valence-corrected chi connectivity index (χ2v) is 6.67. The lowest BCUT2D eigenvalue weighted by atomic mass is 10.1. The smallest absolute Gasteiger partial charge is 0.175 e. The zero-order valence-corrected chi connectivity index (χ0v) is 11.1. The molecule has 0 radical (unpaired) electrons. The predicted molar refractivity (Wildman–Crippen MR) is 66.0 cm³/mol. The first kappa shape index (κ1) is 14.0. The number of hydrogen-bond acceptors (Lipinski definition) is 4. The second kappa shape index (κ2) is 5.06. The second-order valence-electron chi connectivity index (χ2n) is 4.65. The molecule has 0 amide bonds. The molecule has 1 N–H and O–H groups in total. The number of hydrogen-bond donors (Lipinski definition) is 1. The number of ether oxygens (including phenoxy) is 1. The minimum atomic E-state index is -3.16. The summed E-state index contributed by atoms with van der Waals surface area (Å²) in [5.41, 5.74) is -0.757. The first-order valence-electron chi connectivity index (χ1n) is 5.34. The van der Waals surface area contributed by atoms with Crippen LogP contribution in [0, 0.1) is 0 Å². The highest BCUT2D eigenvalue weighted by Crippen LogP contribution is 2.17. The highest BCUT2D eigenvalue weighted by atomic mass is 32.2. The Bertz CT molecular complexity index is 454. The molecule has 0 saturated carbocycles. The van der Waals surface area contributed by atoms with Crippen LogP contribution in [0.25, 0.3) is 0 Å². The first-order valence-corrected chi connectivity index (χ1v) is 7.23. The summed E-state index contributed by atoms with van der Waals surface area (Å²) < 4.78 is 27.8. The van der Waals surface area contributed by atoms with E-state index in [0.717, 1.165) is 6.26 Å². The Morgan fingerprint density at radius 1 is 1.24 bits per heavy atom. The predicted octanol–water partition coefficient (Wildman–Crippen LogP) is 1.63. The summed E-state index contributed by atoms with van der Waals surface area (Å²) in [6, 6.07) is 6.24. The van der Waals surface area contributed by atoms with Crippen LogP contribution >= 0.6 is 0 Å². The van der Waals surface area contributed by atoms with Gasteiger partial charge in [0.1, 0.15) is 5.75 Å². The molecule has 1 rings (SSSR count). The van der Waals surface area contributed by atoms with Crippen molar-refractivity contribution in [2.45, 2.75) is 30.8 Å². The monoisotopic (exact) mass is 258 g/mol. The van der Waals surface area contributed by atoms with Crippen LogP contribution in [0.2, 0.25) is 0 Å². The summed E-state index contributed by atoms with van der Waals surface area (Å²) in [4.78, 5) is 0.271. The minimum Gasteiger partial charge on any atom is -0.493 e. The van der Waals surface area contributed by atoms with Gasteiger partial charge in [-0.1, -0.05) is 0 Å². The molecule has 0 bridgehead atoms. The topological polar surface area (TPSA) is 63.6 Å². The molecule has 0 aliphatic rings. The lowest BCUT2D eigenvalue weighted by molar-refractivity contribution is 0.0553. The number of benzene rings is 1. The van der Waals surface area contributed by atoms with Gasteiger partial charge in [-0.3, -0.25) is 0 Å². The number of sulfone groups is 1. The van der Waals surface area contributed by atoms with E-state index in [-0.39, 0.29) is 4.90 Å². The van der Waals surface area contributed by atoms with Gasteiger partial charge >= 0.3 is 0 Å². The van der Waals surface area contributed by atoms with E-state index in [1.54, 1.807) is 26.0 Å². The zero-order chi connectivity index (χ0) is 13.1. The molecule has 0 unspecified atom stereocenters. The summed E-state index contributed by atoms with van der Waals surface area (Å²) in [7, 11) is -3.16. The molecular weight excluding hydrogens is 240 g/mol. The van der Waals surface area contributed by atoms with Crippen molar-refractivity contribution in [1.29, 1.82) is 0 Å². The average Bonchev–Trinajstić information content (AvgIpc) is 2.15. The third-order valence-electron chi connectivity index (χ3n) is 2.23. The van der Waals surface area contributed by atoms with Gasteiger partial charge in [0.05, 0.1) is 17.1 Å². The third kappa shape index (κ3) is 5.19. The Morgan fingerprint density at radius 3 is 2.18 bits per heavy atom. The maximum Gasteiger partial charge on any atom is 0.175 e. The Kier molecular flexibility index (Phi) is 4.16. The molecule has 5 heteroatoms. The Morgan fingerprint density at radius 2 is 1.76 bits per heavy atom. The lowest BCUT2D eigenvalue weighted by Crippen LogP contribution is -2.21. The van der Waals surface area contributed by atoms with Gasteiger partial charge in [0.2, 0.25) is 0 Å². The van der Waals surface area contributed by atoms with Crippen molar-refractivity contribution in [3.63, 3.8) is 0 Å². The fraction of sp³-hybridized carbons (Fsp3) is 0.500. The summed E-state index contributed by atoms with van der Waals surface area (Å²) in [6.07, 6.45) is 1.68. The van der Waals surface area contributed by atoms with Gasteiger partial charge in [-0.2, -0.15) is 0 Å². The van der Waals surface area contributed by atoms with E-state index < -0.39 is 15.4 Å². The van der Waals surface area contributed by atoms with Gasteiger partial charge in [0.15, 0.2) is 9.84 Å². The highest BCUT2D eigenvalue weighted by molar-refractivity contribution is 7.90. The molecule has 0 aromatic heterocycles. The van der Waals surface area contributed by atoms with Gasteiger partial charge < -0.3 is 9.84 Å². The number of rotatable bonds is 5. The molecule has 96 valence electrons. The maximum absolute atomic E-state index is 11.2. The lowest BCUT2D eigenvalue weighted by Gasteiger charge is -2.17. The van der Waals surface area contributed by atoms with E-state index in [1.165, 1.54) is 12.1 Å². The van der Waals surface area contributed by atoms with Gasteiger partial charge in [-0.05, 0) is 38.1 Å². The normalized spacial score (nSPS) is 12.5. The molecule has 17 heavy (non-hydrogen) atoms. The van der Waals surface area contributed by atoms with E-state index in [0.29, 0.717) is 18.8 Å². The molecule has 1 aromatic carbocycles. The van der Waals surface area contributed by atoms with E-state index in [1.807, 2.05) is 0 Å². The van der Waals surface area contributed by atoms with E-state index >= 15 is 0 Å². The number of aliphatic hydroxyl groups is 1. The molecule has 0 saturated heterocycles. The van der Waals surface area contributed by atoms with Crippen LogP contribution in [-0.4, -0.2) is 32.0 Å². The van der Waals surface area contributed by atoms with E-state index in [4.69, 9.17) is 4.74 Å². The molecule has 1 aromatic rings. The molecule has 4 nitrogen and oxygen atoms in total. The summed E-state index contributed by atoms with van der Waals surface area (Å²) in [5.74, 6) is 0.599. The van der Waals surface area contributed by atoms with Crippen LogP contribution in [0.5, 0.6) is 5.75 Å². The standard InChI is InChI=1S/C12H18O4S/c1-12(2,13)8-9-16-10-4-6-11(7-5-10)17(3,14)15/h4-7,13H,8-9H2,1-3H3. The summed E-state index contributed by atoms with van der Waals surface area (Å²) in [5, 5.41) is 9.49. The van der Waals surface area contributed by atoms with Crippen molar-refractivity contribution in [2.75, 3.05) is 12.9 Å². The third-order valence-corrected chi connectivity index (χ3v) is 3.36. The summed E-state index contributed by atoms with van der Waals surface area (Å²) in [6.45, 7) is 3.81. The van der Waals surface area contributed by atoms with Gasteiger partial charge in [-0.25, -0.2) is 8.42 Å². The van der Waals surface area contributed by atoms with Crippen molar-refractivity contribution in [2.24, 2.45) is 0 Å². The molecule has 0 aliphatic carbocycles. The fourth-order valence-electron chi connectivity index (χ4n) is 1.20. The first-order chi connectivity index (χ1) is 7.68. The Labute approximate surface area is 102 Å². The quantitative estimate of drug-likeness (QED) is 0.872. The van der Waals surface area contributed by atoms with Crippen LogP contribution in [0.1, 0.15) is 20.3 Å². The van der Waals surface area contributed by atoms with Crippen LogP contribution in [0.4, 0.5) is 0 Å². The molecule has 0 atom stereocenters. The highest BCUT2D eigenvalue weighted by Gasteiger charge is 2.12. The van der Waals surface area contributed by atoms with Crippen molar-refractivity contribution in [1.82, 2.24) is 0 Å². The van der Waals surface area contributed by atoms with Crippen LogP contribution in [0.15, 0.2) is 29.2 Å². The SMILES string of the molecule is CC(C)(O)CCOc1ccc(S(C)(=O)=O)cc1. The molecular formula is C12H18O4S. The molecule has 0 aliphatic heterocycles. The van der Waals surface area contributed by atoms with Crippen LogP contribution in [0.3, 0.4) is 0 Å². The summed E-state index contributed by atoms with van der Waals surface area (Å²) >= 11 is 0. The molecule has 0 heterocycles. The van der Waals surface area contributed by atoms with Gasteiger partial charge in [-0.15, -0.1) is 0 Å². The van der Waals surface area contributed by atoms with Crippen molar-refractivity contribution in [3.8, 4) is 5.75 Å². The largest absolute Gasteiger partial charge is 0.493 e. The van der Waals surface area contributed by atoms with E-state index in [2.05, 4.69) is 0 Å². The fourth-order valence-corrected chi connectivity index (χ4v) is 1.83. The molecule has 0 fully saturated rings. The maximum atomic E-state index is 11.2. The van der Waals surface area contributed by atoms with Crippen molar-refractivity contribution in [3.05, 3.63) is 24.3 Å². The zero-order valence-electron chi connectivity index (χ0n) is 10.3. The molecule has 0 spiro atoms. The average molecular weight is 258 g/mol. The van der Waals surface area contributed by atoms with Gasteiger partial charge in [0.25, 0.3) is 0 Å². The van der Waals surface area contributed by atoms with Crippen LogP contribution in [-0.2, 0) is 9.84 Å². The van der Waals surface area contributed by atoms with Gasteiger partial charge in [0, 0.05) is 12.7 Å². The van der Waals surface area contributed by atoms with E-state index in [9.17, 15) is 13.5 Å². The van der Waals surface area contributed by atoms with Crippen molar-refractivity contribution < 1.29 is 18.3 Å². The van der Waals surface area contributed by atoms with Crippen LogP contribution < -0.4 is 4.74 Å². The minimum absolute atomic E-state index is 0.271. The van der Waals surface area contributed by atoms with Crippen molar-refractivity contribution >= 4 is 9.84 Å².